The molecule has 0 bridgehead atoms. The second kappa shape index (κ2) is 10.5. The van der Waals surface area contributed by atoms with Gasteiger partial charge in [0.25, 0.3) is 0 Å². The van der Waals surface area contributed by atoms with Gasteiger partial charge in [-0.25, -0.2) is 0 Å². The van der Waals surface area contributed by atoms with Crippen LogP contribution in [0, 0.1) is 0 Å². The monoisotopic (exact) mass is 190 g/mol. The van der Waals surface area contributed by atoms with Crippen LogP contribution in [-0.4, -0.2) is 8.83 Å². The van der Waals surface area contributed by atoms with Crippen LogP contribution < -0.4 is 0 Å². The minimum Gasteiger partial charge on any atom is -0.171 e. The summed E-state index contributed by atoms with van der Waals surface area (Å²) < 4.78 is 0. The zero-order chi connectivity index (χ0) is 8.36. The van der Waals surface area contributed by atoms with Gasteiger partial charge in [-0.1, -0.05) is 51.9 Å². The molecule has 0 rings (SSSR count). The first-order valence-corrected chi connectivity index (χ1v) is 6.97. The number of rotatable bonds is 8. The van der Waals surface area contributed by atoms with Crippen molar-refractivity contribution < 1.29 is 0 Å². The molecular formula is C9H19ClSi. The summed E-state index contributed by atoms with van der Waals surface area (Å²) in [5.41, 5.74) is 0. The summed E-state index contributed by atoms with van der Waals surface area (Å²) in [6.45, 7) is 2.26. The maximum atomic E-state index is 5.59. The fraction of sp³-hybridized carbons (Fsp3) is 1.00. The third kappa shape index (κ3) is 10.5. The first-order valence-electron chi connectivity index (χ1n) is 4.75. The maximum Gasteiger partial charge on any atom is 0.171 e. The molecule has 2 radical (unpaired) electrons. The van der Waals surface area contributed by atoms with E-state index >= 15 is 0 Å². The molecule has 0 spiro atoms. The highest BCUT2D eigenvalue weighted by Gasteiger charge is 1.90. The van der Waals surface area contributed by atoms with Gasteiger partial charge in [0.15, 0.2) is 8.83 Å². The Morgan fingerprint density at radius 2 is 1.45 bits per heavy atom. The van der Waals surface area contributed by atoms with E-state index in [-0.39, 0.29) is 0 Å². The predicted octanol–water partition coefficient (Wildman–Crippen LogP) is 4.01. The highest BCUT2D eigenvalue weighted by molar-refractivity contribution is 6.93. The van der Waals surface area contributed by atoms with Crippen LogP contribution in [0.15, 0.2) is 0 Å². The molecule has 0 heterocycles. The van der Waals surface area contributed by atoms with E-state index < -0.39 is 0 Å². The van der Waals surface area contributed by atoms with E-state index in [1.807, 2.05) is 0 Å². The molecule has 11 heavy (non-hydrogen) atoms. The van der Waals surface area contributed by atoms with Crippen LogP contribution in [0.4, 0.5) is 0 Å². The quantitative estimate of drug-likeness (QED) is 0.308. The Kier molecular flexibility index (Phi) is 11.0. The van der Waals surface area contributed by atoms with Gasteiger partial charge >= 0.3 is 0 Å². The third-order valence-electron chi connectivity index (χ3n) is 1.87. The summed E-state index contributed by atoms with van der Waals surface area (Å²) in [7, 11) is 0.642. The fourth-order valence-corrected chi connectivity index (χ4v) is 1.93. The van der Waals surface area contributed by atoms with Gasteiger partial charge in [0.05, 0.1) is 0 Å². The largest absolute Gasteiger partial charge is 0.171 e. The number of halogens is 1. The van der Waals surface area contributed by atoms with Crippen molar-refractivity contribution in [1.29, 1.82) is 0 Å². The van der Waals surface area contributed by atoms with Gasteiger partial charge in [0.2, 0.25) is 0 Å². The van der Waals surface area contributed by atoms with Gasteiger partial charge in [-0.2, -0.15) is 11.1 Å². The molecule has 0 aliphatic carbocycles. The van der Waals surface area contributed by atoms with Crippen LogP contribution in [-0.2, 0) is 0 Å². The van der Waals surface area contributed by atoms with Crippen LogP contribution in [0.1, 0.15) is 51.9 Å². The summed E-state index contributed by atoms with van der Waals surface area (Å²) in [4.78, 5) is 0. The Bertz CT molecular complexity index is 58.6. The molecule has 66 valence electrons. The molecule has 0 amide bonds. The molecule has 0 nitrogen and oxygen atoms in total. The summed E-state index contributed by atoms with van der Waals surface area (Å²) in [6.07, 6.45) is 9.78. The molecule has 0 fully saturated rings. The maximum absolute atomic E-state index is 5.59. The number of unbranched alkanes of at least 4 members (excludes halogenated alkanes) is 6. The Balaban J connectivity index is 2.69. The average Bonchev–Trinajstić information content (AvgIpc) is 2.03. The van der Waals surface area contributed by atoms with Crippen molar-refractivity contribution in [3.8, 4) is 0 Å². The van der Waals surface area contributed by atoms with Crippen LogP contribution >= 0.6 is 11.1 Å². The first kappa shape index (κ1) is 11.5. The van der Waals surface area contributed by atoms with Gasteiger partial charge < -0.3 is 0 Å². The first-order chi connectivity index (χ1) is 5.41. The smallest absolute Gasteiger partial charge is 0.171 e. The molecule has 0 atom stereocenters. The van der Waals surface area contributed by atoms with Gasteiger partial charge in [0, 0.05) is 0 Å². The van der Waals surface area contributed by atoms with Gasteiger partial charge in [-0.05, 0) is 6.04 Å². The van der Waals surface area contributed by atoms with Crippen molar-refractivity contribution in [1.82, 2.24) is 0 Å². The highest BCUT2D eigenvalue weighted by Crippen LogP contribution is 2.08. The minimum atomic E-state index is 0.642. The summed E-state index contributed by atoms with van der Waals surface area (Å²) in [5.74, 6) is 0. The summed E-state index contributed by atoms with van der Waals surface area (Å²) in [5, 5.41) is 0. The number of hydrogen-bond donors (Lipinski definition) is 0. The SMILES string of the molecule is CCCCCCCCC[Si]Cl. The lowest BCUT2D eigenvalue weighted by molar-refractivity contribution is 0.602. The summed E-state index contributed by atoms with van der Waals surface area (Å²) >= 11 is 5.59. The minimum absolute atomic E-state index is 0.642. The second-order valence-electron chi connectivity index (χ2n) is 3.00. The molecular weight excluding hydrogens is 172 g/mol. The summed E-state index contributed by atoms with van der Waals surface area (Å²) in [6, 6.07) is 1.23. The fourth-order valence-electron chi connectivity index (χ4n) is 1.15. The van der Waals surface area contributed by atoms with Crippen LogP contribution in [0.2, 0.25) is 6.04 Å². The second-order valence-corrected chi connectivity index (χ2v) is 4.57. The van der Waals surface area contributed by atoms with E-state index in [1.54, 1.807) is 0 Å². The van der Waals surface area contributed by atoms with Crippen molar-refractivity contribution >= 4 is 19.9 Å². The van der Waals surface area contributed by atoms with Gasteiger partial charge in [-0.3, -0.25) is 0 Å². The van der Waals surface area contributed by atoms with Crippen molar-refractivity contribution in [2.24, 2.45) is 0 Å². The van der Waals surface area contributed by atoms with Crippen LogP contribution in [0.3, 0.4) is 0 Å². The van der Waals surface area contributed by atoms with E-state index in [0.717, 1.165) is 0 Å². The van der Waals surface area contributed by atoms with Gasteiger partial charge in [-0.15, -0.1) is 0 Å². The van der Waals surface area contributed by atoms with E-state index in [2.05, 4.69) is 6.92 Å². The van der Waals surface area contributed by atoms with E-state index in [4.69, 9.17) is 11.1 Å². The van der Waals surface area contributed by atoms with Crippen molar-refractivity contribution in [2.75, 3.05) is 0 Å². The van der Waals surface area contributed by atoms with Crippen molar-refractivity contribution in [3.63, 3.8) is 0 Å². The standard InChI is InChI=1S/C9H19ClSi/c1-2-3-4-5-6-7-8-9-11-10/h2-9H2,1H3. The molecule has 0 aromatic heterocycles. The van der Waals surface area contributed by atoms with Crippen LogP contribution in [0.5, 0.6) is 0 Å². The number of hydrogen-bond acceptors (Lipinski definition) is 0. The molecule has 0 aromatic rings. The molecule has 0 aromatic carbocycles. The molecule has 0 aliphatic heterocycles. The molecule has 0 unspecified atom stereocenters. The lowest BCUT2D eigenvalue weighted by Gasteiger charge is -1.98. The van der Waals surface area contributed by atoms with Crippen molar-refractivity contribution in [3.05, 3.63) is 0 Å². The Morgan fingerprint density at radius 3 is 2.00 bits per heavy atom. The van der Waals surface area contributed by atoms with Crippen LogP contribution in [0.25, 0.3) is 0 Å². The zero-order valence-electron chi connectivity index (χ0n) is 7.53. The molecule has 0 N–H and O–H groups in total. The Morgan fingerprint density at radius 1 is 0.909 bits per heavy atom. The lowest BCUT2D eigenvalue weighted by atomic mass is 10.1. The highest BCUT2D eigenvalue weighted by atomic mass is 35.6. The molecule has 0 aliphatic rings. The average molecular weight is 191 g/mol. The third-order valence-corrected chi connectivity index (χ3v) is 2.98. The Hall–Kier alpha value is 0.507. The normalized spacial score (nSPS) is 10.4. The Labute approximate surface area is 78.2 Å². The predicted molar refractivity (Wildman–Crippen MR) is 54.4 cm³/mol. The lowest BCUT2D eigenvalue weighted by Crippen LogP contribution is -1.81. The van der Waals surface area contributed by atoms with Crippen molar-refractivity contribution in [2.45, 2.75) is 57.9 Å². The van der Waals surface area contributed by atoms with E-state index in [9.17, 15) is 0 Å². The van der Waals surface area contributed by atoms with E-state index in [0.29, 0.717) is 8.83 Å². The topological polar surface area (TPSA) is 0 Å². The van der Waals surface area contributed by atoms with E-state index in [1.165, 1.54) is 51.0 Å². The zero-order valence-corrected chi connectivity index (χ0v) is 9.29. The molecule has 0 saturated heterocycles. The molecule has 2 heteroatoms. The van der Waals surface area contributed by atoms with Gasteiger partial charge in [0.1, 0.15) is 0 Å². The molecule has 0 saturated carbocycles.